The molecule has 0 bridgehead atoms. The normalized spacial score (nSPS) is 15.3. The van der Waals surface area contributed by atoms with Crippen molar-refractivity contribution in [3.05, 3.63) is 40.0 Å². The van der Waals surface area contributed by atoms with Gasteiger partial charge in [-0.2, -0.15) is 11.3 Å². The Bertz CT molecular complexity index is 660. The lowest BCUT2D eigenvalue weighted by Gasteiger charge is -2.33. The van der Waals surface area contributed by atoms with Crippen molar-refractivity contribution in [2.75, 3.05) is 18.0 Å². The molecule has 3 heterocycles. The number of hydrogen-bond acceptors (Lipinski definition) is 5. The average Bonchev–Trinajstić information content (AvgIpc) is 3.06. The molecule has 2 aromatic rings. The third-order valence-corrected chi connectivity index (χ3v) is 4.87. The molecule has 3 rings (SSSR count). The largest absolute Gasteiger partial charge is 0.356 e. The number of nitrogens with zero attached hydrogens (tertiary/aromatic N) is 3. The van der Waals surface area contributed by atoms with Gasteiger partial charge in [0.25, 0.3) is 0 Å². The Morgan fingerprint density at radius 1 is 1.33 bits per heavy atom. The van der Waals surface area contributed by atoms with Crippen LogP contribution in [0.5, 0.6) is 0 Å². The fraction of sp³-hybridized carbons (Fsp3) is 0.471. The quantitative estimate of drug-likeness (QED) is 0.894. The van der Waals surface area contributed by atoms with Crippen molar-refractivity contribution < 1.29 is 4.79 Å². The Morgan fingerprint density at radius 2 is 2.12 bits per heavy atom. The summed E-state index contributed by atoms with van der Waals surface area (Å²) in [6.07, 6.45) is 1.85. The van der Waals surface area contributed by atoms with Gasteiger partial charge in [-0.25, -0.2) is 14.8 Å². The van der Waals surface area contributed by atoms with Crippen LogP contribution in [0.3, 0.4) is 0 Å². The van der Waals surface area contributed by atoms with Gasteiger partial charge in [-0.05, 0) is 49.1 Å². The van der Waals surface area contributed by atoms with Crippen LogP contribution in [0, 0.1) is 13.8 Å². The molecule has 1 saturated heterocycles. The number of carbonyl (C=O) groups excluding carboxylic acids is 1. The zero-order valence-corrected chi connectivity index (χ0v) is 14.9. The van der Waals surface area contributed by atoms with Crippen LogP contribution in [-0.4, -0.2) is 35.1 Å². The van der Waals surface area contributed by atoms with E-state index in [4.69, 9.17) is 0 Å². The summed E-state index contributed by atoms with van der Waals surface area (Å²) in [6.45, 7) is 6.28. The first-order chi connectivity index (χ1) is 11.6. The van der Waals surface area contributed by atoms with E-state index in [1.165, 1.54) is 0 Å². The number of aryl methyl sites for hydroxylation is 2. The average molecular weight is 345 g/mol. The molecule has 128 valence electrons. The second-order valence-electron chi connectivity index (χ2n) is 6.13. The van der Waals surface area contributed by atoms with Gasteiger partial charge in [-0.3, -0.25) is 0 Å². The van der Waals surface area contributed by atoms with Crippen molar-refractivity contribution >= 4 is 23.2 Å². The molecule has 7 heteroatoms. The number of aromatic nitrogens is 2. The molecule has 0 unspecified atom stereocenters. The number of urea groups is 1. The SMILES string of the molecule is Cc1cc(N2CCC(NC(=O)NCc3ccsc3)CC2)nc(C)n1. The monoisotopic (exact) mass is 345 g/mol. The highest BCUT2D eigenvalue weighted by Crippen LogP contribution is 2.18. The van der Waals surface area contributed by atoms with E-state index in [9.17, 15) is 4.79 Å². The van der Waals surface area contributed by atoms with E-state index in [1.807, 2.05) is 36.7 Å². The van der Waals surface area contributed by atoms with E-state index >= 15 is 0 Å². The maximum Gasteiger partial charge on any atom is 0.315 e. The van der Waals surface area contributed by atoms with E-state index in [2.05, 4.69) is 25.5 Å². The van der Waals surface area contributed by atoms with Gasteiger partial charge in [0.15, 0.2) is 0 Å². The minimum atomic E-state index is -0.0895. The van der Waals surface area contributed by atoms with Crippen LogP contribution in [0.1, 0.15) is 29.9 Å². The minimum absolute atomic E-state index is 0.0895. The van der Waals surface area contributed by atoms with Crippen LogP contribution in [0.4, 0.5) is 10.6 Å². The van der Waals surface area contributed by atoms with Crippen LogP contribution < -0.4 is 15.5 Å². The topological polar surface area (TPSA) is 70.2 Å². The molecule has 2 aromatic heterocycles. The Kier molecular flexibility index (Phi) is 5.30. The van der Waals surface area contributed by atoms with Crippen molar-refractivity contribution in [2.45, 2.75) is 39.3 Å². The molecule has 0 aliphatic carbocycles. The van der Waals surface area contributed by atoms with E-state index in [1.54, 1.807) is 11.3 Å². The predicted octanol–water partition coefficient (Wildman–Crippen LogP) is 2.62. The number of rotatable bonds is 4. The van der Waals surface area contributed by atoms with Crippen molar-refractivity contribution in [3.8, 4) is 0 Å². The second-order valence-corrected chi connectivity index (χ2v) is 6.91. The first-order valence-corrected chi connectivity index (χ1v) is 9.17. The Labute approximate surface area is 146 Å². The Morgan fingerprint density at radius 3 is 2.79 bits per heavy atom. The molecular weight excluding hydrogens is 322 g/mol. The molecule has 0 atom stereocenters. The molecule has 1 aliphatic rings. The molecule has 0 radical (unpaired) electrons. The van der Waals surface area contributed by atoms with E-state index < -0.39 is 0 Å². The van der Waals surface area contributed by atoms with E-state index in [0.29, 0.717) is 6.54 Å². The maximum absolute atomic E-state index is 12.0. The lowest BCUT2D eigenvalue weighted by molar-refractivity contribution is 0.234. The Hall–Kier alpha value is -2.15. The van der Waals surface area contributed by atoms with Crippen LogP contribution in [-0.2, 0) is 6.54 Å². The molecule has 1 aliphatic heterocycles. The molecule has 2 N–H and O–H groups in total. The minimum Gasteiger partial charge on any atom is -0.356 e. The lowest BCUT2D eigenvalue weighted by Crippen LogP contribution is -2.48. The van der Waals surface area contributed by atoms with Gasteiger partial charge >= 0.3 is 6.03 Å². The van der Waals surface area contributed by atoms with Gasteiger partial charge in [0, 0.05) is 37.4 Å². The number of piperidine rings is 1. The standard InChI is InChI=1S/C17H23N5OS/c1-12-9-16(20-13(2)19-12)22-6-3-15(4-7-22)21-17(23)18-10-14-5-8-24-11-14/h5,8-9,11,15H,3-4,6-7,10H2,1-2H3,(H2,18,21,23). The zero-order valence-electron chi connectivity index (χ0n) is 14.1. The highest BCUT2D eigenvalue weighted by atomic mass is 32.1. The lowest BCUT2D eigenvalue weighted by atomic mass is 10.1. The number of thiophene rings is 1. The van der Waals surface area contributed by atoms with Crippen molar-refractivity contribution in [1.82, 2.24) is 20.6 Å². The summed E-state index contributed by atoms with van der Waals surface area (Å²) >= 11 is 1.64. The number of amides is 2. The van der Waals surface area contributed by atoms with Gasteiger partial charge in [-0.15, -0.1) is 0 Å². The van der Waals surface area contributed by atoms with Crippen molar-refractivity contribution in [2.24, 2.45) is 0 Å². The van der Waals surface area contributed by atoms with Crippen LogP contribution in [0.25, 0.3) is 0 Å². The number of nitrogens with one attached hydrogen (secondary N) is 2. The fourth-order valence-electron chi connectivity index (χ4n) is 2.92. The van der Waals surface area contributed by atoms with Crippen molar-refractivity contribution in [1.29, 1.82) is 0 Å². The second kappa shape index (κ2) is 7.61. The third-order valence-electron chi connectivity index (χ3n) is 4.14. The molecule has 1 fully saturated rings. The van der Waals surface area contributed by atoms with Crippen LogP contribution in [0.2, 0.25) is 0 Å². The Balaban J connectivity index is 1.45. The first-order valence-electron chi connectivity index (χ1n) is 8.23. The van der Waals surface area contributed by atoms with E-state index in [0.717, 1.165) is 48.8 Å². The number of carbonyl (C=O) groups is 1. The van der Waals surface area contributed by atoms with Crippen LogP contribution in [0.15, 0.2) is 22.9 Å². The maximum atomic E-state index is 12.0. The summed E-state index contributed by atoms with van der Waals surface area (Å²) in [4.78, 5) is 23.1. The molecule has 2 amide bonds. The van der Waals surface area contributed by atoms with Gasteiger partial charge in [-0.1, -0.05) is 0 Å². The highest BCUT2D eigenvalue weighted by molar-refractivity contribution is 7.07. The number of anilines is 1. The van der Waals surface area contributed by atoms with E-state index in [-0.39, 0.29) is 12.1 Å². The first kappa shape index (κ1) is 16.7. The molecule has 0 aromatic carbocycles. The summed E-state index contributed by atoms with van der Waals surface area (Å²) in [7, 11) is 0. The van der Waals surface area contributed by atoms with Gasteiger partial charge in [0.05, 0.1) is 0 Å². The van der Waals surface area contributed by atoms with Gasteiger partial charge in [0.1, 0.15) is 11.6 Å². The summed E-state index contributed by atoms with van der Waals surface area (Å²) in [5.41, 5.74) is 2.13. The molecule has 0 saturated carbocycles. The molecule has 0 spiro atoms. The molecule has 24 heavy (non-hydrogen) atoms. The van der Waals surface area contributed by atoms with Gasteiger partial charge in [0.2, 0.25) is 0 Å². The van der Waals surface area contributed by atoms with Gasteiger partial charge < -0.3 is 15.5 Å². The van der Waals surface area contributed by atoms with Crippen molar-refractivity contribution in [3.63, 3.8) is 0 Å². The predicted molar refractivity (Wildman–Crippen MR) is 96.4 cm³/mol. The number of hydrogen-bond donors (Lipinski definition) is 2. The smallest absolute Gasteiger partial charge is 0.315 e. The highest BCUT2D eigenvalue weighted by Gasteiger charge is 2.21. The third kappa shape index (κ3) is 4.44. The summed E-state index contributed by atoms with van der Waals surface area (Å²) in [5.74, 6) is 1.79. The summed E-state index contributed by atoms with van der Waals surface area (Å²) < 4.78 is 0. The molecule has 6 nitrogen and oxygen atoms in total. The summed E-state index contributed by atoms with van der Waals surface area (Å²) in [5, 5.41) is 10.0. The molecular formula is C17H23N5OS. The van der Waals surface area contributed by atoms with Crippen LogP contribution >= 0.6 is 11.3 Å². The fourth-order valence-corrected chi connectivity index (χ4v) is 3.59. The zero-order chi connectivity index (χ0) is 16.9. The summed E-state index contributed by atoms with van der Waals surface area (Å²) in [6, 6.07) is 4.17.